The maximum atomic E-state index is 11.2. The summed E-state index contributed by atoms with van der Waals surface area (Å²) in [5.74, 6) is -0.400. The molecule has 1 heterocycles. The first-order valence-corrected chi connectivity index (χ1v) is 4.26. The van der Waals surface area contributed by atoms with Gasteiger partial charge in [-0.05, 0) is 19.1 Å². The van der Waals surface area contributed by atoms with Gasteiger partial charge in [0.05, 0.1) is 12.8 Å². The van der Waals surface area contributed by atoms with Crippen molar-refractivity contribution in [3.05, 3.63) is 16.7 Å². The Kier molecular flexibility index (Phi) is 3.07. The topological polar surface area (TPSA) is 59.0 Å². The number of aromatic nitrogens is 2. The molecule has 0 bridgehead atoms. The third-order valence-corrected chi connectivity index (χ3v) is 1.75. The van der Waals surface area contributed by atoms with E-state index in [1.807, 2.05) is 0 Å². The lowest BCUT2D eigenvalue weighted by Gasteiger charge is -1.97. The number of H-pyrrole nitrogens is 1. The van der Waals surface area contributed by atoms with Gasteiger partial charge in [0.2, 0.25) is 0 Å². The number of nitrogens with one attached hydrogen (secondary N) is 2. The third kappa shape index (κ3) is 2.09. The molecule has 1 aromatic rings. The Balaban J connectivity index is 2.90. The van der Waals surface area contributed by atoms with E-state index in [0.29, 0.717) is 17.1 Å². The largest absolute Gasteiger partial charge is 0.461 e. The van der Waals surface area contributed by atoms with Crippen molar-refractivity contribution >= 4 is 18.2 Å². The van der Waals surface area contributed by atoms with Crippen LogP contribution < -0.4 is 5.43 Å². The Bertz CT molecular complexity index is 355. The number of carbonyl (C=O) groups is 1. The molecular formula is C7H11N3O2S. The Labute approximate surface area is 80.7 Å². The number of hydrogen-bond donors (Lipinski definition) is 2. The van der Waals surface area contributed by atoms with Crippen LogP contribution in [-0.2, 0) is 4.74 Å². The maximum Gasteiger partial charge on any atom is 0.356 e. The van der Waals surface area contributed by atoms with Gasteiger partial charge >= 0.3 is 5.97 Å². The zero-order valence-corrected chi connectivity index (χ0v) is 8.27. The molecule has 0 saturated heterocycles. The molecule has 0 aromatic carbocycles. The van der Waals surface area contributed by atoms with Crippen molar-refractivity contribution in [3.63, 3.8) is 0 Å². The number of imidazole rings is 1. The van der Waals surface area contributed by atoms with Crippen molar-refractivity contribution in [2.75, 3.05) is 19.1 Å². The molecule has 0 fully saturated rings. The van der Waals surface area contributed by atoms with Crippen LogP contribution in [0.4, 0.5) is 0 Å². The lowest BCUT2D eigenvalue weighted by atomic mass is 10.5. The van der Waals surface area contributed by atoms with Crippen LogP contribution in [0, 0.1) is 4.77 Å². The van der Waals surface area contributed by atoms with E-state index >= 15 is 0 Å². The van der Waals surface area contributed by atoms with Crippen LogP contribution in [0.1, 0.15) is 17.4 Å². The summed E-state index contributed by atoms with van der Waals surface area (Å²) in [6.07, 6.45) is 1.56. The minimum absolute atomic E-state index is 0.348. The molecule has 0 atom stereocenters. The van der Waals surface area contributed by atoms with Gasteiger partial charge in [0.1, 0.15) is 5.69 Å². The van der Waals surface area contributed by atoms with E-state index in [1.54, 1.807) is 20.2 Å². The van der Waals surface area contributed by atoms with E-state index in [-0.39, 0.29) is 0 Å². The molecule has 0 amide bonds. The molecule has 0 spiro atoms. The van der Waals surface area contributed by atoms with Gasteiger partial charge in [-0.25, -0.2) is 9.47 Å². The van der Waals surface area contributed by atoms with Crippen LogP contribution in [0.15, 0.2) is 6.20 Å². The number of hydrogen-bond acceptors (Lipinski definition) is 4. The number of aromatic amines is 1. The third-order valence-electron chi connectivity index (χ3n) is 1.45. The highest BCUT2D eigenvalue weighted by molar-refractivity contribution is 7.71. The van der Waals surface area contributed by atoms with Gasteiger partial charge in [0.15, 0.2) is 4.77 Å². The SMILES string of the molecule is CCOC(=O)c1cn(NC)c(=S)[nH]1. The van der Waals surface area contributed by atoms with E-state index in [1.165, 1.54) is 4.68 Å². The highest BCUT2D eigenvalue weighted by Crippen LogP contribution is 1.99. The summed E-state index contributed by atoms with van der Waals surface area (Å²) >= 11 is 4.91. The van der Waals surface area contributed by atoms with Gasteiger partial charge in [-0.2, -0.15) is 0 Å². The fourth-order valence-electron chi connectivity index (χ4n) is 0.874. The fourth-order valence-corrected chi connectivity index (χ4v) is 1.13. The summed E-state index contributed by atoms with van der Waals surface area (Å²) in [5, 5.41) is 0. The van der Waals surface area contributed by atoms with Crippen LogP contribution in [0.2, 0.25) is 0 Å². The van der Waals surface area contributed by atoms with Crippen LogP contribution in [0.5, 0.6) is 0 Å². The Hall–Kier alpha value is -1.30. The molecule has 2 N–H and O–H groups in total. The fraction of sp³-hybridized carbons (Fsp3) is 0.429. The monoisotopic (exact) mass is 201 g/mol. The van der Waals surface area contributed by atoms with Crippen molar-refractivity contribution in [2.24, 2.45) is 0 Å². The van der Waals surface area contributed by atoms with Gasteiger partial charge in [0.25, 0.3) is 0 Å². The Morgan fingerprint density at radius 2 is 2.54 bits per heavy atom. The predicted octanol–water partition coefficient (Wildman–Crippen LogP) is 0.896. The van der Waals surface area contributed by atoms with Gasteiger partial charge in [-0.15, -0.1) is 0 Å². The molecule has 0 aliphatic rings. The van der Waals surface area contributed by atoms with Gasteiger partial charge in [-0.3, -0.25) is 0 Å². The minimum Gasteiger partial charge on any atom is -0.461 e. The first-order chi connectivity index (χ1) is 6.19. The molecule has 13 heavy (non-hydrogen) atoms. The quantitative estimate of drug-likeness (QED) is 0.563. The smallest absolute Gasteiger partial charge is 0.356 e. The summed E-state index contributed by atoms with van der Waals surface area (Å²) in [6.45, 7) is 2.10. The molecule has 6 heteroatoms. The summed E-state index contributed by atoms with van der Waals surface area (Å²) in [4.78, 5) is 13.9. The van der Waals surface area contributed by atoms with Crippen LogP contribution in [0.3, 0.4) is 0 Å². The van der Waals surface area contributed by atoms with Crippen molar-refractivity contribution in [3.8, 4) is 0 Å². The normalized spacial score (nSPS) is 9.69. The molecule has 72 valence electrons. The highest BCUT2D eigenvalue weighted by Gasteiger charge is 2.09. The van der Waals surface area contributed by atoms with Crippen LogP contribution in [0.25, 0.3) is 0 Å². The first kappa shape index (κ1) is 9.79. The molecule has 0 aliphatic carbocycles. The average Bonchev–Trinajstić information content (AvgIpc) is 2.47. The molecule has 0 radical (unpaired) electrons. The number of ether oxygens (including phenoxy) is 1. The number of esters is 1. The summed E-state index contributed by atoms with van der Waals surface area (Å²) in [7, 11) is 1.71. The Morgan fingerprint density at radius 3 is 3.00 bits per heavy atom. The van der Waals surface area contributed by atoms with Crippen LogP contribution in [-0.4, -0.2) is 29.3 Å². The predicted molar refractivity (Wildman–Crippen MR) is 50.9 cm³/mol. The zero-order valence-electron chi connectivity index (χ0n) is 7.46. The van der Waals surface area contributed by atoms with Crippen molar-refractivity contribution in [1.82, 2.24) is 9.66 Å². The number of nitrogens with zero attached hydrogens (tertiary/aromatic N) is 1. The Morgan fingerprint density at radius 1 is 1.85 bits per heavy atom. The molecule has 0 saturated carbocycles. The van der Waals surface area contributed by atoms with E-state index < -0.39 is 5.97 Å². The van der Waals surface area contributed by atoms with E-state index in [4.69, 9.17) is 17.0 Å². The molecular weight excluding hydrogens is 190 g/mol. The molecule has 5 nitrogen and oxygen atoms in total. The minimum atomic E-state index is -0.400. The standard InChI is InChI=1S/C7H11N3O2S/c1-3-12-6(11)5-4-10(8-2)7(13)9-5/h4,8H,3H2,1-2H3,(H,9,13). The average molecular weight is 201 g/mol. The van der Waals surface area contributed by atoms with E-state index in [9.17, 15) is 4.79 Å². The van der Waals surface area contributed by atoms with Crippen molar-refractivity contribution < 1.29 is 9.53 Å². The lowest BCUT2D eigenvalue weighted by molar-refractivity contribution is 0.0520. The molecule has 1 aromatic heterocycles. The summed E-state index contributed by atoms with van der Waals surface area (Å²) in [6, 6.07) is 0. The van der Waals surface area contributed by atoms with Gasteiger partial charge in [0, 0.05) is 7.05 Å². The summed E-state index contributed by atoms with van der Waals surface area (Å²) < 4.78 is 6.75. The van der Waals surface area contributed by atoms with Crippen molar-refractivity contribution in [1.29, 1.82) is 0 Å². The number of carbonyl (C=O) groups excluding carboxylic acids is 1. The number of rotatable bonds is 3. The van der Waals surface area contributed by atoms with E-state index in [2.05, 4.69) is 10.4 Å². The zero-order chi connectivity index (χ0) is 9.84. The van der Waals surface area contributed by atoms with Gasteiger partial charge < -0.3 is 15.1 Å². The molecule has 0 aliphatic heterocycles. The second-order valence-electron chi connectivity index (χ2n) is 2.29. The molecule has 1 rings (SSSR count). The van der Waals surface area contributed by atoms with Crippen LogP contribution >= 0.6 is 12.2 Å². The first-order valence-electron chi connectivity index (χ1n) is 3.85. The lowest BCUT2D eigenvalue weighted by Crippen LogP contribution is -2.07. The molecule has 0 unspecified atom stereocenters. The second kappa shape index (κ2) is 4.08. The van der Waals surface area contributed by atoms with Crippen molar-refractivity contribution in [2.45, 2.75) is 6.92 Å². The maximum absolute atomic E-state index is 11.2. The van der Waals surface area contributed by atoms with E-state index in [0.717, 1.165) is 0 Å². The van der Waals surface area contributed by atoms with Gasteiger partial charge in [-0.1, -0.05) is 0 Å². The summed E-state index contributed by atoms with van der Waals surface area (Å²) in [5.41, 5.74) is 3.13. The highest BCUT2D eigenvalue weighted by atomic mass is 32.1. The second-order valence-corrected chi connectivity index (χ2v) is 2.67.